The number of hydrogen-bond donors (Lipinski definition) is 1. The number of carboxylic acid groups (broad SMARTS) is 1. The number of rotatable bonds is 5. The third-order valence-electron chi connectivity index (χ3n) is 2.87. The second kappa shape index (κ2) is 5.81. The molecule has 0 amide bonds. The number of carbonyl (C=O) groups is 1. The zero-order valence-electron chi connectivity index (χ0n) is 10.9. The van der Waals surface area contributed by atoms with Crippen LogP contribution in [0.2, 0.25) is 0 Å². The third kappa shape index (κ3) is 3.01. The Morgan fingerprint density at radius 1 is 1.35 bits per heavy atom. The molecule has 0 bridgehead atoms. The average Bonchev–Trinajstić information content (AvgIpc) is 2.81. The Bertz CT molecular complexity index is 638. The molecular formula is C14H14F2N2O2. The van der Waals surface area contributed by atoms with Gasteiger partial charge in [-0.15, -0.1) is 0 Å². The number of hydrogen-bond acceptors (Lipinski definition) is 2. The van der Waals surface area contributed by atoms with Crippen LogP contribution in [0.15, 0.2) is 24.5 Å². The van der Waals surface area contributed by atoms with E-state index < -0.39 is 24.0 Å². The maximum Gasteiger partial charge on any atom is 0.307 e. The summed E-state index contributed by atoms with van der Waals surface area (Å²) < 4.78 is 29.4. The lowest BCUT2D eigenvalue weighted by Crippen LogP contribution is -2.03. The summed E-state index contributed by atoms with van der Waals surface area (Å²) >= 11 is 0. The molecule has 0 spiro atoms. The van der Waals surface area contributed by atoms with E-state index in [9.17, 15) is 13.6 Å². The minimum absolute atomic E-state index is 0.0824. The fourth-order valence-corrected chi connectivity index (χ4v) is 1.96. The van der Waals surface area contributed by atoms with Crippen LogP contribution in [0.3, 0.4) is 0 Å². The molecule has 0 saturated carbocycles. The molecule has 0 fully saturated rings. The Morgan fingerprint density at radius 3 is 2.75 bits per heavy atom. The topological polar surface area (TPSA) is 55.1 Å². The highest BCUT2D eigenvalue weighted by molar-refractivity contribution is 5.71. The lowest BCUT2D eigenvalue weighted by molar-refractivity contribution is -0.136. The van der Waals surface area contributed by atoms with E-state index >= 15 is 0 Å². The Hall–Kier alpha value is -2.24. The summed E-state index contributed by atoms with van der Waals surface area (Å²) in [4.78, 5) is 10.6. The summed E-state index contributed by atoms with van der Waals surface area (Å²) in [6.07, 6.45) is 3.44. The van der Waals surface area contributed by atoms with Crippen LogP contribution in [0, 0.1) is 11.6 Å². The van der Waals surface area contributed by atoms with Gasteiger partial charge >= 0.3 is 5.97 Å². The van der Waals surface area contributed by atoms with E-state index in [1.807, 2.05) is 6.92 Å². The van der Waals surface area contributed by atoms with Crippen LogP contribution >= 0.6 is 0 Å². The van der Waals surface area contributed by atoms with Crippen LogP contribution in [0.1, 0.15) is 18.9 Å². The summed E-state index contributed by atoms with van der Waals surface area (Å²) in [6, 6.07) is 1.94. The van der Waals surface area contributed by atoms with Gasteiger partial charge in [0, 0.05) is 29.4 Å². The van der Waals surface area contributed by atoms with Gasteiger partial charge in [0.25, 0.3) is 0 Å². The van der Waals surface area contributed by atoms with Crippen molar-refractivity contribution in [1.29, 1.82) is 0 Å². The van der Waals surface area contributed by atoms with Gasteiger partial charge in [-0.25, -0.2) is 8.78 Å². The summed E-state index contributed by atoms with van der Waals surface area (Å²) in [7, 11) is 0. The largest absolute Gasteiger partial charge is 0.481 e. The van der Waals surface area contributed by atoms with Crippen LogP contribution in [0.25, 0.3) is 11.1 Å². The van der Waals surface area contributed by atoms with Crippen molar-refractivity contribution in [2.45, 2.75) is 26.3 Å². The van der Waals surface area contributed by atoms with Crippen LogP contribution in [0.5, 0.6) is 0 Å². The molecule has 0 atom stereocenters. The zero-order valence-corrected chi connectivity index (χ0v) is 10.9. The maximum absolute atomic E-state index is 14.0. The zero-order chi connectivity index (χ0) is 14.7. The van der Waals surface area contributed by atoms with E-state index in [1.165, 1.54) is 6.20 Å². The van der Waals surface area contributed by atoms with Gasteiger partial charge in [0.15, 0.2) is 0 Å². The maximum atomic E-state index is 14.0. The molecule has 20 heavy (non-hydrogen) atoms. The first-order valence-corrected chi connectivity index (χ1v) is 6.23. The first kappa shape index (κ1) is 14.2. The van der Waals surface area contributed by atoms with Crippen LogP contribution in [0.4, 0.5) is 8.78 Å². The summed E-state index contributed by atoms with van der Waals surface area (Å²) in [5.74, 6) is -2.59. The Morgan fingerprint density at radius 2 is 2.10 bits per heavy atom. The number of aryl methyl sites for hydroxylation is 1. The van der Waals surface area contributed by atoms with E-state index in [2.05, 4.69) is 5.10 Å². The predicted octanol–water partition coefficient (Wildman–Crippen LogP) is 2.87. The summed E-state index contributed by atoms with van der Waals surface area (Å²) in [6.45, 7) is 2.68. The molecule has 1 heterocycles. The van der Waals surface area contributed by atoms with E-state index in [4.69, 9.17) is 5.11 Å². The molecule has 0 saturated heterocycles. The van der Waals surface area contributed by atoms with Gasteiger partial charge in [-0.1, -0.05) is 6.92 Å². The van der Waals surface area contributed by atoms with E-state index in [0.717, 1.165) is 18.6 Å². The van der Waals surface area contributed by atoms with Crippen LogP contribution in [-0.2, 0) is 17.8 Å². The average molecular weight is 280 g/mol. The second-order valence-corrected chi connectivity index (χ2v) is 4.49. The van der Waals surface area contributed by atoms with E-state index in [-0.39, 0.29) is 11.1 Å². The summed E-state index contributed by atoms with van der Waals surface area (Å²) in [5.41, 5.74) is 0.385. The molecule has 6 heteroatoms. The molecule has 0 aliphatic carbocycles. The van der Waals surface area contributed by atoms with Crippen LogP contribution in [-0.4, -0.2) is 20.9 Å². The molecule has 1 N–H and O–H groups in total. The number of halogens is 2. The first-order chi connectivity index (χ1) is 9.51. The molecule has 106 valence electrons. The Labute approximate surface area is 114 Å². The van der Waals surface area contributed by atoms with Crippen molar-refractivity contribution in [1.82, 2.24) is 9.78 Å². The van der Waals surface area contributed by atoms with E-state index in [0.29, 0.717) is 12.1 Å². The number of nitrogens with zero attached hydrogens (tertiary/aromatic N) is 2. The van der Waals surface area contributed by atoms with Gasteiger partial charge < -0.3 is 5.11 Å². The Balaban J connectivity index is 2.36. The molecular weight excluding hydrogens is 266 g/mol. The smallest absolute Gasteiger partial charge is 0.307 e. The molecule has 0 radical (unpaired) electrons. The lowest BCUT2D eigenvalue weighted by atomic mass is 10.0. The minimum atomic E-state index is -1.20. The fourth-order valence-electron chi connectivity index (χ4n) is 1.96. The molecule has 0 aliphatic rings. The molecule has 0 aliphatic heterocycles. The monoisotopic (exact) mass is 280 g/mol. The molecule has 1 aromatic carbocycles. The fraction of sp³-hybridized carbons (Fsp3) is 0.286. The standard InChI is InChI=1S/C14H14F2N2O2/c1-2-3-18-8-10(7-17-18)11-6-12(15)9(4-13(11)16)5-14(19)20/h4,6-8H,2-3,5H2,1H3,(H,19,20). The van der Waals surface area contributed by atoms with Gasteiger partial charge in [0.05, 0.1) is 12.6 Å². The SMILES string of the molecule is CCCn1cc(-c2cc(F)c(CC(=O)O)cc2F)cn1. The number of carboxylic acids is 1. The van der Waals surface area contributed by atoms with Crippen molar-refractivity contribution in [2.75, 3.05) is 0 Å². The molecule has 1 aromatic heterocycles. The van der Waals surface area contributed by atoms with Crippen molar-refractivity contribution < 1.29 is 18.7 Å². The number of aliphatic carboxylic acids is 1. The first-order valence-electron chi connectivity index (χ1n) is 6.23. The van der Waals surface area contributed by atoms with E-state index in [1.54, 1.807) is 10.9 Å². The lowest BCUT2D eigenvalue weighted by Gasteiger charge is -2.05. The molecule has 0 unspecified atom stereocenters. The highest BCUT2D eigenvalue weighted by Crippen LogP contribution is 2.25. The van der Waals surface area contributed by atoms with Gasteiger partial charge in [-0.2, -0.15) is 5.10 Å². The van der Waals surface area contributed by atoms with Gasteiger partial charge in [0.1, 0.15) is 11.6 Å². The predicted molar refractivity (Wildman–Crippen MR) is 69.2 cm³/mol. The highest BCUT2D eigenvalue weighted by atomic mass is 19.1. The number of benzene rings is 1. The van der Waals surface area contributed by atoms with Crippen molar-refractivity contribution in [2.24, 2.45) is 0 Å². The van der Waals surface area contributed by atoms with Crippen molar-refractivity contribution in [3.63, 3.8) is 0 Å². The summed E-state index contributed by atoms with van der Waals surface area (Å²) in [5, 5.41) is 12.7. The van der Waals surface area contributed by atoms with Crippen molar-refractivity contribution in [3.8, 4) is 11.1 Å². The van der Waals surface area contributed by atoms with Gasteiger partial charge in [-0.05, 0) is 18.6 Å². The third-order valence-corrected chi connectivity index (χ3v) is 2.87. The van der Waals surface area contributed by atoms with Gasteiger partial charge in [-0.3, -0.25) is 9.48 Å². The second-order valence-electron chi connectivity index (χ2n) is 4.49. The molecule has 2 aromatic rings. The highest BCUT2D eigenvalue weighted by Gasteiger charge is 2.14. The minimum Gasteiger partial charge on any atom is -0.481 e. The number of aromatic nitrogens is 2. The van der Waals surface area contributed by atoms with Crippen LogP contribution < -0.4 is 0 Å². The molecule has 4 nitrogen and oxygen atoms in total. The quantitative estimate of drug-likeness (QED) is 0.916. The van der Waals surface area contributed by atoms with Crippen molar-refractivity contribution in [3.05, 3.63) is 41.7 Å². The normalized spacial score (nSPS) is 10.8. The Kier molecular flexibility index (Phi) is 4.12. The molecule has 2 rings (SSSR count). The van der Waals surface area contributed by atoms with Gasteiger partial charge in [0.2, 0.25) is 0 Å². The van der Waals surface area contributed by atoms with Crippen molar-refractivity contribution >= 4 is 5.97 Å².